The first-order valence-electron chi connectivity index (χ1n) is 9.13. The van der Waals surface area contributed by atoms with Gasteiger partial charge in [-0.15, -0.1) is 0 Å². The summed E-state index contributed by atoms with van der Waals surface area (Å²) in [7, 11) is 0. The summed E-state index contributed by atoms with van der Waals surface area (Å²) in [5, 5.41) is 20.6. The Kier molecular flexibility index (Phi) is 4.19. The maximum atomic E-state index is 11.6. The highest BCUT2D eigenvalue weighted by atomic mass is 16.3. The smallest absolute Gasteiger partial charge is 0.128 e. The van der Waals surface area contributed by atoms with E-state index in [-0.39, 0.29) is 5.92 Å². The zero-order valence-electron chi connectivity index (χ0n) is 14.3. The minimum atomic E-state index is -0.755. The van der Waals surface area contributed by atoms with E-state index in [2.05, 4.69) is 28.1 Å². The lowest BCUT2D eigenvalue weighted by molar-refractivity contribution is -0.0690. The Morgan fingerprint density at radius 3 is 2.64 bits per heavy atom. The van der Waals surface area contributed by atoms with E-state index in [9.17, 15) is 5.11 Å². The Labute approximate surface area is 148 Å². The van der Waals surface area contributed by atoms with Crippen LogP contribution in [0.15, 0.2) is 48.7 Å². The van der Waals surface area contributed by atoms with Crippen LogP contribution >= 0.6 is 0 Å². The molecular weight excluding hydrogens is 310 g/mol. The minimum Gasteiger partial charge on any atom is -0.385 e. The van der Waals surface area contributed by atoms with Crippen LogP contribution in [-0.2, 0) is 5.60 Å². The Morgan fingerprint density at radius 2 is 1.92 bits per heavy atom. The molecule has 1 aromatic carbocycles. The molecule has 4 rings (SSSR count). The number of hydrogen-bond donors (Lipinski definition) is 1. The van der Waals surface area contributed by atoms with E-state index in [1.807, 2.05) is 30.3 Å². The topological polar surface area (TPSA) is 60.2 Å². The zero-order valence-corrected chi connectivity index (χ0v) is 14.3. The molecule has 1 saturated heterocycles. The van der Waals surface area contributed by atoms with Gasteiger partial charge in [0.15, 0.2) is 0 Å². The van der Waals surface area contributed by atoms with Crippen molar-refractivity contribution in [3.63, 3.8) is 0 Å². The molecule has 1 saturated carbocycles. The number of nitrogens with zero attached hydrogens (tertiary/aromatic N) is 3. The number of pyridine rings is 1. The van der Waals surface area contributed by atoms with Gasteiger partial charge in [-0.2, -0.15) is 5.26 Å². The fraction of sp³-hybridized carbons (Fsp3) is 0.429. The Morgan fingerprint density at radius 1 is 1.12 bits per heavy atom. The number of aliphatic hydroxyl groups is 1. The summed E-state index contributed by atoms with van der Waals surface area (Å²) in [5.74, 6) is 1.14. The van der Waals surface area contributed by atoms with Crippen molar-refractivity contribution in [2.75, 3.05) is 11.4 Å². The predicted octanol–water partition coefficient (Wildman–Crippen LogP) is 3.61. The van der Waals surface area contributed by atoms with E-state index in [0.29, 0.717) is 18.0 Å². The minimum absolute atomic E-state index is 0.217. The highest BCUT2D eigenvalue weighted by Gasteiger charge is 2.49. The lowest BCUT2D eigenvalue weighted by Gasteiger charge is -2.53. The first-order valence-corrected chi connectivity index (χ1v) is 9.13. The second kappa shape index (κ2) is 6.50. The van der Waals surface area contributed by atoms with Crippen LogP contribution in [0.3, 0.4) is 0 Å². The van der Waals surface area contributed by atoms with Gasteiger partial charge >= 0.3 is 0 Å². The molecule has 0 amide bonds. The fourth-order valence-corrected chi connectivity index (χ4v) is 4.68. The van der Waals surface area contributed by atoms with Gasteiger partial charge in [0.25, 0.3) is 0 Å². The molecule has 2 fully saturated rings. The molecular formula is C21H23N3O. The van der Waals surface area contributed by atoms with Crippen molar-refractivity contribution in [3.8, 4) is 6.07 Å². The monoisotopic (exact) mass is 333 g/mol. The molecule has 25 heavy (non-hydrogen) atoms. The summed E-state index contributed by atoms with van der Waals surface area (Å²) in [4.78, 5) is 6.86. The summed E-state index contributed by atoms with van der Waals surface area (Å²) >= 11 is 0. The van der Waals surface area contributed by atoms with E-state index < -0.39 is 5.60 Å². The predicted molar refractivity (Wildman–Crippen MR) is 97.0 cm³/mol. The number of nitriles is 1. The van der Waals surface area contributed by atoms with Crippen LogP contribution in [0.2, 0.25) is 0 Å². The highest BCUT2D eigenvalue weighted by molar-refractivity contribution is 5.45. The average molecular weight is 333 g/mol. The van der Waals surface area contributed by atoms with Crippen LogP contribution in [0, 0.1) is 17.2 Å². The third-order valence-corrected chi connectivity index (χ3v) is 5.92. The maximum Gasteiger partial charge on any atom is 0.128 e. The van der Waals surface area contributed by atoms with E-state index in [1.54, 1.807) is 6.20 Å². The van der Waals surface area contributed by atoms with Crippen molar-refractivity contribution < 1.29 is 5.11 Å². The van der Waals surface area contributed by atoms with Gasteiger partial charge in [0, 0.05) is 24.7 Å². The molecule has 1 aliphatic carbocycles. The standard InChI is InChI=1S/C21H23N3O/c22-14-16-10-11-20(23-15-16)24-13-12-21(25,17-6-2-1-3-7-17)18-8-4-5-9-19(18)24/h1-3,6-7,10-11,15,18-19,25H,4-5,8-9,12-13H2/t18-,19+,21-/m0/s1. The van der Waals surface area contributed by atoms with Crippen molar-refractivity contribution in [1.82, 2.24) is 4.98 Å². The van der Waals surface area contributed by atoms with Gasteiger partial charge in [0.1, 0.15) is 11.9 Å². The van der Waals surface area contributed by atoms with E-state index in [0.717, 1.165) is 30.8 Å². The normalized spacial score (nSPS) is 28.9. The van der Waals surface area contributed by atoms with Crippen molar-refractivity contribution in [3.05, 3.63) is 59.8 Å². The summed E-state index contributed by atoms with van der Waals surface area (Å²) in [6, 6.07) is 16.3. The summed E-state index contributed by atoms with van der Waals surface area (Å²) < 4.78 is 0. The molecule has 1 aliphatic heterocycles. The highest BCUT2D eigenvalue weighted by Crippen LogP contribution is 2.47. The second-order valence-corrected chi connectivity index (χ2v) is 7.21. The zero-order chi connectivity index (χ0) is 17.3. The van der Waals surface area contributed by atoms with Crippen molar-refractivity contribution in [1.29, 1.82) is 5.26 Å². The van der Waals surface area contributed by atoms with Gasteiger partial charge in [-0.3, -0.25) is 0 Å². The van der Waals surface area contributed by atoms with Crippen LogP contribution < -0.4 is 4.90 Å². The third-order valence-electron chi connectivity index (χ3n) is 5.92. The largest absolute Gasteiger partial charge is 0.385 e. The molecule has 0 spiro atoms. The number of fused-ring (bicyclic) bond motifs is 1. The van der Waals surface area contributed by atoms with Crippen LogP contribution in [0.1, 0.15) is 43.2 Å². The number of hydrogen-bond acceptors (Lipinski definition) is 4. The van der Waals surface area contributed by atoms with E-state index in [4.69, 9.17) is 5.26 Å². The molecule has 2 aliphatic rings. The first-order chi connectivity index (χ1) is 12.2. The van der Waals surface area contributed by atoms with Crippen LogP contribution in [0.25, 0.3) is 0 Å². The lowest BCUT2D eigenvalue weighted by atomic mass is 9.66. The summed E-state index contributed by atoms with van der Waals surface area (Å²) in [5.41, 5.74) is 0.871. The molecule has 2 heterocycles. The maximum absolute atomic E-state index is 11.6. The van der Waals surface area contributed by atoms with Gasteiger partial charge in [0.2, 0.25) is 0 Å². The molecule has 1 N–H and O–H groups in total. The number of benzene rings is 1. The molecule has 128 valence electrons. The fourth-order valence-electron chi connectivity index (χ4n) is 4.68. The van der Waals surface area contributed by atoms with Gasteiger partial charge in [-0.1, -0.05) is 43.2 Å². The number of aromatic nitrogens is 1. The summed E-state index contributed by atoms with van der Waals surface area (Å²) in [6.07, 6.45) is 6.85. The molecule has 1 aromatic heterocycles. The van der Waals surface area contributed by atoms with E-state index in [1.165, 1.54) is 12.8 Å². The molecule has 4 heteroatoms. The molecule has 3 atom stereocenters. The van der Waals surface area contributed by atoms with Gasteiger partial charge in [0.05, 0.1) is 11.2 Å². The van der Waals surface area contributed by atoms with Crippen molar-refractivity contribution in [2.24, 2.45) is 5.92 Å². The SMILES string of the molecule is N#Cc1ccc(N2CC[C@](O)(c3ccccc3)[C@H]3CCCC[C@H]32)nc1. The van der Waals surface area contributed by atoms with E-state index >= 15 is 0 Å². The Hall–Kier alpha value is -2.38. The second-order valence-electron chi connectivity index (χ2n) is 7.21. The van der Waals surface area contributed by atoms with Crippen molar-refractivity contribution >= 4 is 5.82 Å². The first kappa shape index (κ1) is 16.1. The van der Waals surface area contributed by atoms with Crippen LogP contribution in [0.5, 0.6) is 0 Å². The van der Waals surface area contributed by atoms with Crippen LogP contribution in [0.4, 0.5) is 5.82 Å². The number of anilines is 1. The molecule has 0 bridgehead atoms. The number of piperidine rings is 1. The van der Waals surface area contributed by atoms with Gasteiger partial charge in [-0.05, 0) is 37.0 Å². The molecule has 4 nitrogen and oxygen atoms in total. The molecule has 0 unspecified atom stereocenters. The average Bonchev–Trinajstić information content (AvgIpc) is 2.69. The van der Waals surface area contributed by atoms with Crippen molar-refractivity contribution in [2.45, 2.75) is 43.7 Å². The molecule has 0 radical (unpaired) electrons. The number of rotatable bonds is 2. The quantitative estimate of drug-likeness (QED) is 0.912. The third kappa shape index (κ3) is 2.79. The molecule has 2 aromatic rings. The van der Waals surface area contributed by atoms with Crippen LogP contribution in [-0.4, -0.2) is 22.7 Å². The van der Waals surface area contributed by atoms with Gasteiger partial charge in [-0.25, -0.2) is 4.98 Å². The Balaban J connectivity index is 1.67. The Bertz CT molecular complexity index is 768. The summed E-state index contributed by atoms with van der Waals surface area (Å²) in [6.45, 7) is 0.783. The lowest BCUT2D eigenvalue weighted by Crippen LogP contribution is -2.57. The van der Waals surface area contributed by atoms with Gasteiger partial charge < -0.3 is 10.0 Å².